The molecule has 0 bridgehead atoms. The molecule has 0 spiro atoms. The van der Waals surface area contributed by atoms with Gasteiger partial charge in [0.2, 0.25) is 0 Å². The molecule has 32 heavy (non-hydrogen) atoms. The van der Waals surface area contributed by atoms with Crippen molar-refractivity contribution in [2.75, 3.05) is 50.7 Å². The first-order chi connectivity index (χ1) is 15.5. The maximum Gasteiger partial charge on any atom is 0.135 e. The van der Waals surface area contributed by atoms with Crippen LogP contribution in [0.25, 0.3) is 15.8 Å². The summed E-state index contributed by atoms with van der Waals surface area (Å²) < 4.78 is 1.07. The second-order valence-electron chi connectivity index (χ2n) is 8.34. The summed E-state index contributed by atoms with van der Waals surface area (Å²) in [7, 11) is 0. The van der Waals surface area contributed by atoms with E-state index in [4.69, 9.17) is 17.0 Å². The van der Waals surface area contributed by atoms with E-state index in [1.54, 1.807) is 0 Å². The summed E-state index contributed by atoms with van der Waals surface area (Å²) in [6, 6.07) is 14.0. The van der Waals surface area contributed by atoms with Crippen LogP contribution in [0, 0.1) is 12.3 Å². The zero-order chi connectivity index (χ0) is 22.2. The number of aliphatic hydroxyl groups excluding tert-OH is 1. The third-order valence-corrected chi connectivity index (χ3v) is 7.55. The minimum atomic E-state index is 0.246. The third kappa shape index (κ3) is 4.08. The van der Waals surface area contributed by atoms with Gasteiger partial charge >= 0.3 is 0 Å². The van der Waals surface area contributed by atoms with Crippen molar-refractivity contribution in [2.24, 2.45) is 0 Å². The normalized spacial score (nSPS) is 17.8. The molecule has 0 unspecified atom stereocenters. The van der Waals surface area contributed by atoms with E-state index in [0.29, 0.717) is 24.5 Å². The molecule has 2 aliphatic rings. The molecule has 8 heteroatoms. The predicted molar refractivity (Wildman–Crippen MR) is 133 cm³/mol. The molecule has 166 valence electrons. The number of thiazole rings is 1. The number of benzene rings is 2. The van der Waals surface area contributed by atoms with E-state index in [9.17, 15) is 5.11 Å². The second-order valence-corrected chi connectivity index (χ2v) is 9.81. The van der Waals surface area contributed by atoms with Crippen LogP contribution < -0.4 is 4.90 Å². The Bertz CT molecular complexity index is 1170. The van der Waals surface area contributed by atoms with Crippen molar-refractivity contribution in [1.29, 1.82) is 5.41 Å². The van der Waals surface area contributed by atoms with Gasteiger partial charge in [-0.2, -0.15) is 0 Å². The molecule has 2 N–H and O–H groups in total. The van der Waals surface area contributed by atoms with Gasteiger partial charge in [0.15, 0.2) is 0 Å². The zero-order valence-corrected chi connectivity index (χ0v) is 19.6. The number of aromatic nitrogens is 1. The van der Waals surface area contributed by atoms with E-state index in [1.165, 1.54) is 22.6 Å². The lowest BCUT2D eigenvalue weighted by Gasteiger charge is -2.37. The first-order valence-corrected chi connectivity index (χ1v) is 12.0. The van der Waals surface area contributed by atoms with Crippen LogP contribution in [0.2, 0.25) is 5.02 Å². The van der Waals surface area contributed by atoms with Crippen LogP contribution in [0.3, 0.4) is 0 Å². The molecule has 0 saturated carbocycles. The Morgan fingerprint density at radius 1 is 1.09 bits per heavy atom. The molecule has 0 aliphatic carbocycles. The molecule has 0 atom stereocenters. The summed E-state index contributed by atoms with van der Waals surface area (Å²) in [5, 5.41) is 20.7. The van der Waals surface area contributed by atoms with Gasteiger partial charge in [-0.15, -0.1) is 11.3 Å². The third-order valence-electron chi connectivity index (χ3n) is 6.26. The standard InChI is InChI=1S/C24H26ClN5OS/c1-16-6-7-17(25)14-19(16)29-11-8-28(9-12-29)10-13-30-15-20(31)22(23(30)26)24-27-18-4-2-3-5-21(18)32-24/h2-7,14,26,31H,8-13,15H2,1H3. The lowest BCUT2D eigenvalue weighted by atomic mass is 10.1. The number of anilines is 1. The van der Waals surface area contributed by atoms with Gasteiger partial charge in [-0.25, -0.2) is 4.98 Å². The molecule has 2 aliphatic heterocycles. The number of nitrogens with one attached hydrogen (secondary N) is 1. The summed E-state index contributed by atoms with van der Waals surface area (Å²) in [6.07, 6.45) is 0. The van der Waals surface area contributed by atoms with Gasteiger partial charge < -0.3 is 14.9 Å². The molecular formula is C24H26ClN5OS. The quantitative estimate of drug-likeness (QED) is 0.572. The molecule has 2 aromatic carbocycles. The Morgan fingerprint density at radius 3 is 2.66 bits per heavy atom. The van der Waals surface area contributed by atoms with Crippen molar-refractivity contribution in [3.05, 3.63) is 63.8 Å². The molecule has 1 saturated heterocycles. The number of halogens is 1. The molecule has 0 amide bonds. The van der Waals surface area contributed by atoms with Crippen LogP contribution in [0.5, 0.6) is 0 Å². The van der Waals surface area contributed by atoms with E-state index in [1.807, 2.05) is 35.2 Å². The number of aryl methyl sites for hydroxylation is 1. The van der Waals surface area contributed by atoms with E-state index < -0.39 is 0 Å². The van der Waals surface area contributed by atoms with Crippen molar-refractivity contribution in [1.82, 2.24) is 14.8 Å². The average Bonchev–Trinajstić information content (AvgIpc) is 3.34. The van der Waals surface area contributed by atoms with Crippen LogP contribution >= 0.6 is 22.9 Å². The Balaban J connectivity index is 1.18. The first kappa shape index (κ1) is 21.2. The van der Waals surface area contributed by atoms with Crippen molar-refractivity contribution >= 4 is 50.3 Å². The number of nitrogens with zero attached hydrogens (tertiary/aromatic N) is 4. The van der Waals surface area contributed by atoms with Gasteiger partial charge in [0, 0.05) is 50.0 Å². The fourth-order valence-electron chi connectivity index (χ4n) is 4.43. The molecule has 1 fully saturated rings. The summed E-state index contributed by atoms with van der Waals surface area (Å²) in [5.41, 5.74) is 3.95. The minimum Gasteiger partial charge on any atom is -0.510 e. The van der Waals surface area contributed by atoms with Crippen molar-refractivity contribution in [2.45, 2.75) is 6.92 Å². The van der Waals surface area contributed by atoms with Crippen LogP contribution in [0.1, 0.15) is 10.6 Å². The van der Waals surface area contributed by atoms with Gasteiger partial charge in [-0.05, 0) is 36.8 Å². The van der Waals surface area contributed by atoms with Gasteiger partial charge in [0.05, 0.1) is 22.3 Å². The number of fused-ring (bicyclic) bond motifs is 1. The highest BCUT2D eigenvalue weighted by atomic mass is 35.5. The minimum absolute atomic E-state index is 0.246. The number of aliphatic hydroxyl groups is 1. The molecule has 5 rings (SSSR count). The lowest BCUT2D eigenvalue weighted by molar-refractivity contribution is 0.233. The smallest absolute Gasteiger partial charge is 0.135 e. The first-order valence-electron chi connectivity index (χ1n) is 10.8. The monoisotopic (exact) mass is 467 g/mol. The Kier molecular flexibility index (Phi) is 5.80. The SMILES string of the molecule is Cc1ccc(Cl)cc1N1CCN(CCN2CC(O)=C(c3nc4ccccc4s3)C2=N)CC1. The van der Waals surface area contributed by atoms with Crippen LogP contribution in [0.15, 0.2) is 48.2 Å². The van der Waals surface area contributed by atoms with E-state index in [2.05, 4.69) is 33.8 Å². The number of para-hydroxylation sites is 1. The molecule has 0 radical (unpaired) electrons. The summed E-state index contributed by atoms with van der Waals surface area (Å²) in [6.45, 7) is 7.94. The largest absolute Gasteiger partial charge is 0.510 e. The van der Waals surface area contributed by atoms with Gasteiger partial charge in [0.1, 0.15) is 16.6 Å². The number of rotatable bonds is 5. The highest BCUT2D eigenvalue weighted by Gasteiger charge is 2.30. The zero-order valence-electron chi connectivity index (χ0n) is 18.0. The molecule has 3 heterocycles. The molecule has 6 nitrogen and oxygen atoms in total. The highest BCUT2D eigenvalue weighted by Crippen LogP contribution is 2.33. The number of hydrogen-bond acceptors (Lipinski definition) is 6. The van der Waals surface area contributed by atoms with Gasteiger partial charge in [-0.1, -0.05) is 29.8 Å². The van der Waals surface area contributed by atoms with Crippen LogP contribution in [0.4, 0.5) is 5.69 Å². The summed E-state index contributed by atoms with van der Waals surface area (Å²) in [4.78, 5) is 11.4. The number of hydrogen-bond donors (Lipinski definition) is 2. The lowest BCUT2D eigenvalue weighted by Crippen LogP contribution is -2.48. The summed E-state index contributed by atoms with van der Waals surface area (Å²) >= 11 is 7.73. The van der Waals surface area contributed by atoms with Crippen molar-refractivity contribution < 1.29 is 5.11 Å². The fourth-order valence-corrected chi connectivity index (χ4v) is 5.63. The topological polar surface area (TPSA) is 66.7 Å². The molecule has 1 aromatic heterocycles. The maximum atomic E-state index is 10.6. The Labute approximate surface area is 196 Å². The van der Waals surface area contributed by atoms with Crippen molar-refractivity contribution in [3.8, 4) is 0 Å². The van der Waals surface area contributed by atoms with E-state index in [0.717, 1.165) is 53.0 Å². The molecular weight excluding hydrogens is 442 g/mol. The van der Waals surface area contributed by atoms with Crippen LogP contribution in [-0.4, -0.2) is 71.5 Å². The van der Waals surface area contributed by atoms with Crippen LogP contribution in [-0.2, 0) is 0 Å². The maximum absolute atomic E-state index is 10.6. The number of amidine groups is 1. The Hall–Kier alpha value is -2.61. The van der Waals surface area contributed by atoms with E-state index in [-0.39, 0.29) is 5.76 Å². The summed E-state index contributed by atoms with van der Waals surface area (Å²) in [5.74, 6) is 0.616. The van der Waals surface area contributed by atoms with E-state index >= 15 is 0 Å². The Morgan fingerprint density at radius 2 is 1.88 bits per heavy atom. The second kappa shape index (κ2) is 8.73. The predicted octanol–water partition coefficient (Wildman–Crippen LogP) is 4.64. The van der Waals surface area contributed by atoms with Crippen molar-refractivity contribution in [3.63, 3.8) is 0 Å². The van der Waals surface area contributed by atoms with Gasteiger partial charge in [-0.3, -0.25) is 10.3 Å². The fraction of sp³-hybridized carbons (Fsp3) is 0.333. The highest BCUT2D eigenvalue weighted by molar-refractivity contribution is 7.19. The van der Waals surface area contributed by atoms with Gasteiger partial charge in [0.25, 0.3) is 0 Å². The molecule has 3 aromatic rings. The number of piperazine rings is 1. The average molecular weight is 468 g/mol.